The Morgan fingerprint density at radius 3 is 2.64 bits per heavy atom. The van der Waals surface area contributed by atoms with Gasteiger partial charge < -0.3 is 10.2 Å². The highest BCUT2D eigenvalue weighted by Gasteiger charge is 2.30. The number of carbonyl (C=O) groups is 1. The monoisotopic (exact) mass is 359 g/mol. The van der Waals surface area contributed by atoms with Crippen molar-refractivity contribution in [3.8, 4) is 0 Å². The van der Waals surface area contributed by atoms with Crippen molar-refractivity contribution in [2.75, 3.05) is 31.1 Å². The number of nitrogens with one attached hydrogen (secondary N) is 1. The topological polar surface area (TPSA) is 61.4 Å². The maximum absolute atomic E-state index is 12.3. The minimum Gasteiger partial charge on any atom is -0.353 e. The standard InChI is InChI=1S/C18H25N5OS/c1-11-13(3)25-18-15(11)16(19-10-20-18)23-8-6-22(7-9-23)12(2)17(24)21-14-4-5-14/h10,12,14H,4-9H2,1-3H3,(H,21,24). The van der Waals surface area contributed by atoms with Gasteiger partial charge in [0.05, 0.1) is 11.4 Å². The lowest BCUT2D eigenvalue weighted by atomic mass is 10.1. The molecule has 1 N–H and O–H groups in total. The molecule has 2 aromatic heterocycles. The Labute approximate surface area is 152 Å². The van der Waals surface area contributed by atoms with E-state index in [0.29, 0.717) is 6.04 Å². The molecule has 1 atom stereocenters. The fraction of sp³-hybridized carbons (Fsp3) is 0.611. The molecule has 1 unspecified atom stereocenters. The number of aromatic nitrogens is 2. The second kappa shape index (κ2) is 6.53. The number of hydrogen-bond acceptors (Lipinski definition) is 6. The molecule has 1 aliphatic heterocycles. The first-order chi connectivity index (χ1) is 12.0. The summed E-state index contributed by atoms with van der Waals surface area (Å²) in [5.41, 5.74) is 1.29. The van der Waals surface area contributed by atoms with Crippen molar-refractivity contribution in [3.63, 3.8) is 0 Å². The zero-order chi connectivity index (χ0) is 17.6. The lowest BCUT2D eigenvalue weighted by Gasteiger charge is -2.38. The maximum Gasteiger partial charge on any atom is 0.237 e. The van der Waals surface area contributed by atoms with E-state index in [9.17, 15) is 4.79 Å². The third kappa shape index (κ3) is 3.22. The number of hydrogen-bond donors (Lipinski definition) is 1. The quantitative estimate of drug-likeness (QED) is 0.906. The van der Waals surface area contributed by atoms with Gasteiger partial charge in [-0.15, -0.1) is 11.3 Å². The number of piperazine rings is 1. The molecule has 0 radical (unpaired) electrons. The fourth-order valence-electron chi connectivity index (χ4n) is 3.44. The van der Waals surface area contributed by atoms with Crippen LogP contribution in [0.2, 0.25) is 0 Å². The van der Waals surface area contributed by atoms with Gasteiger partial charge in [0.2, 0.25) is 5.91 Å². The molecule has 3 heterocycles. The van der Waals surface area contributed by atoms with Crippen LogP contribution in [-0.4, -0.2) is 59.0 Å². The van der Waals surface area contributed by atoms with Crippen LogP contribution in [0.15, 0.2) is 6.33 Å². The van der Waals surface area contributed by atoms with Gasteiger partial charge in [0.15, 0.2) is 0 Å². The van der Waals surface area contributed by atoms with Crippen LogP contribution in [-0.2, 0) is 4.79 Å². The van der Waals surface area contributed by atoms with Crippen LogP contribution < -0.4 is 10.2 Å². The third-order valence-corrected chi connectivity index (χ3v) is 6.53. The highest BCUT2D eigenvalue weighted by molar-refractivity contribution is 7.18. The van der Waals surface area contributed by atoms with E-state index in [4.69, 9.17) is 0 Å². The van der Waals surface area contributed by atoms with Gasteiger partial charge in [-0.05, 0) is 39.2 Å². The molecule has 6 nitrogen and oxygen atoms in total. The smallest absolute Gasteiger partial charge is 0.237 e. The van der Waals surface area contributed by atoms with E-state index < -0.39 is 0 Å². The molecule has 2 aromatic rings. The van der Waals surface area contributed by atoms with E-state index in [1.54, 1.807) is 17.7 Å². The van der Waals surface area contributed by atoms with Crippen LogP contribution in [0.4, 0.5) is 5.82 Å². The average Bonchev–Trinajstić information content (AvgIpc) is 3.39. The molecular weight excluding hydrogens is 334 g/mol. The predicted octanol–water partition coefficient (Wildman–Crippen LogP) is 2.10. The molecule has 7 heteroatoms. The molecule has 0 aromatic carbocycles. The van der Waals surface area contributed by atoms with Crippen molar-refractivity contribution in [2.45, 2.75) is 45.7 Å². The van der Waals surface area contributed by atoms with Crippen molar-refractivity contribution < 1.29 is 4.79 Å². The van der Waals surface area contributed by atoms with Crippen molar-refractivity contribution in [1.29, 1.82) is 0 Å². The molecule has 0 bridgehead atoms. The van der Waals surface area contributed by atoms with Crippen molar-refractivity contribution in [3.05, 3.63) is 16.8 Å². The molecule has 1 saturated heterocycles. The maximum atomic E-state index is 12.3. The Morgan fingerprint density at radius 1 is 1.24 bits per heavy atom. The molecular formula is C18H25N5OS. The molecule has 4 rings (SSSR count). The Morgan fingerprint density at radius 2 is 1.96 bits per heavy atom. The zero-order valence-electron chi connectivity index (χ0n) is 15.1. The molecule has 25 heavy (non-hydrogen) atoms. The molecule has 1 amide bonds. The average molecular weight is 359 g/mol. The summed E-state index contributed by atoms with van der Waals surface area (Å²) in [6.07, 6.45) is 3.94. The SMILES string of the molecule is Cc1sc2ncnc(N3CCN(C(C)C(=O)NC4CC4)CC3)c2c1C. The second-order valence-corrected chi connectivity index (χ2v) is 8.35. The van der Waals surface area contributed by atoms with Crippen molar-refractivity contribution >= 4 is 33.3 Å². The number of thiophene rings is 1. The summed E-state index contributed by atoms with van der Waals surface area (Å²) in [5, 5.41) is 4.31. The Kier molecular flexibility index (Phi) is 4.37. The molecule has 134 valence electrons. The van der Waals surface area contributed by atoms with Crippen molar-refractivity contribution in [1.82, 2.24) is 20.2 Å². The fourth-order valence-corrected chi connectivity index (χ4v) is 4.43. The minimum absolute atomic E-state index is 0.0571. The van der Waals surface area contributed by atoms with E-state index >= 15 is 0 Å². The van der Waals surface area contributed by atoms with Crippen LogP contribution in [0.5, 0.6) is 0 Å². The largest absolute Gasteiger partial charge is 0.353 e. The summed E-state index contributed by atoms with van der Waals surface area (Å²) in [6.45, 7) is 9.86. The first kappa shape index (κ1) is 16.7. The number of carbonyl (C=O) groups excluding carboxylic acids is 1. The lowest BCUT2D eigenvalue weighted by Crippen LogP contribution is -2.54. The second-order valence-electron chi connectivity index (χ2n) is 7.14. The highest BCUT2D eigenvalue weighted by Crippen LogP contribution is 2.34. The Balaban J connectivity index is 1.46. The van der Waals surface area contributed by atoms with Gasteiger partial charge in [-0.1, -0.05) is 0 Å². The van der Waals surface area contributed by atoms with Gasteiger partial charge in [-0.3, -0.25) is 9.69 Å². The lowest BCUT2D eigenvalue weighted by molar-refractivity contribution is -0.126. The van der Waals surface area contributed by atoms with Crippen LogP contribution in [0.1, 0.15) is 30.2 Å². The van der Waals surface area contributed by atoms with E-state index in [2.05, 4.69) is 38.9 Å². The summed E-state index contributed by atoms with van der Waals surface area (Å²) >= 11 is 1.74. The van der Waals surface area contributed by atoms with Gasteiger partial charge in [0.25, 0.3) is 0 Å². The van der Waals surface area contributed by atoms with Crippen LogP contribution >= 0.6 is 11.3 Å². The van der Waals surface area contributed by atoms with Gasteiger partial charge in [-0.25, -0.2) is 9.97 Å². The van der Waals surface area contributed by atoms with E-state index in [-0.39, 0.29) is 11.9 Å². The number of anilines is 1. The summed E-state index contributed by atoms with van der Waals surface area (Å²) < 4.78 is 0. The highest BCUT2D eigenvalue weighted by atomic mass is 32.1. The first-order valence-electron chi connectivity index (χ1n) is 9.04. The van der Waals surface area contributed by atoms with Gasteiger partial charge in [-0.2, -0.15) is 0 Å². The minimum atomic E-state index is -0.0571. The number of aryl methyl sites for hydroxylation is 2. The third-order valence-electron chi connectivity index (χ3n) is 5.41. The number of nitrogens with zero attached hydrogens (tertiary/aromatic N) is 4. The number of fused-ring (bicyclic) bond motifs is 1. The summed E-state index contributed by atoms with van der Waals surface area (Å²) in [7, 11) is 0. The van der Waals surface area contributed by atoms with E-state index in [1.807, 2.05) is 6.92 Å². The molecule has 1 saturated carbocycles. The summed E-state index contributed by atoms with van der Waals surface area (Å²) in [4.78, 5) is 28.3. The van der Waals surface area contributed by atoms with Gasteiger partial charge in [0, 0.05) is 37.1 Å². The molecule has 0 spiro atoms. The normalized spacial score (nSPS) is 20.0. The predicted molar refractivity (Wildman–Crippen MR) is 101 cm³/mol. The molecule has 2 fully saturated rings. The van der Waals surface area contributed by atoms with Crippen LogP contribution in [0.3, 0.4) is 0 Å². The zero-order valence-corrected chi connectivity index (χ0v) is 15.9. The summed E-state index contributed by atoms with van der Waals surface area (Å²) in [5.74, 6) is 1.21. The van der Waals surface area contributed by atoms with Crippen LogP contribution in [0.25, 0.3) is 10.2 Å². The number of rotatable bonds is 4. The van der Waals surface area contributed by atoms with Gasteiger partial charge >= 0.3 is 0 Å². The Bertz CT molecular complexity index is 792. The Hall–Kier alpha value is -1.73. The van der Waals surface area contributed by atoms with E-state index in [0.717, 1.165) is 49.7 Å². The molecule has 2 aliphatic rings. The summed E-state index contributed by atoms with van der Waals surface area (Å²) in [6, 6.07) is 0.369. The molecule has 1 aliphatic carbocycles. The first-order valence-corrected chi connectivity index (χ1v) is 9.86. The van der Waals surface area contributed by atoms with Crippen LogP contribution in [0, 0.1) is 13.8 Å². The van der Waals surface area contributed by atoms with E-state index in [1.165, 1.54) is 15.8 Å². The van der Waals surface area contributed by atoms with Gasteiger partial charge in [0.1, 0.15) is 17.0 Å². The van der Waals surface area contributed by atoms with Crippen molar-refractivity contribution in [2.24, 2.45) is 0 Å². The number of amides is 1.